The molecular formula is C16H25ClN2O2S. The van der Waals surface area contributed by atoms with Gasteiger partial charge >= 0.3 is 0 Å². The normalized spacial score (nSPS) is 25.1. The Morgan fingerprint density at radius 1 is 1.45 bits per heavy atom. The molecule has 1 aromatic carbocycles. The zero-order chi connectivity index (χ0) is 16.3. The van der Waals surface area contributed by atoms with Gasteiger partial charge in [0.2, 0.25) is 10.0 Å². The van der Waals surface area contributed by atoms with Crippen LogP contribution < -0.4 is 5.32 Å². The summed E-state index contributed by atoms with van der Waals surface area (Å²) >= 11 is 6.06. The molecule has 1 saturated heterocycles. The van der Waals surface area contributed by atoms with Crippen LogP contribution in [0, 0.1) is 5.92 Å². The number of hydrogen-bond acceptors (Lipinski definition) is 3. The number of nitrogens with one attached hydrogen (secondary N) is 1. The number of halogens is 1. The van der Waals surface area contributed by atoms with E-state index in [-0.39, 0.29) is 6.04 Å². The summed E-state index contributed by atoms with van der Waals surface area (Å²) in [5, 5.41) is 4.40. The smallest absolute Gasteiger partial charge is 0.211 e. The summed E-state index contributed by atoms with van der Waals surface area (Å²) in [6.07, 6.45) is 3.10. The van der Waals surface area contributed by atoms with Gasteiger partial charge in [-0.2, -0.15) is 0 Å². The van der Waals surface area contributed by atoms with Crippen molar-refractivity contribution in [2.45, 2.75) is 38.8 Å². The molecule has 0 bridgehead atoms. The van der Waals surface area contributed by atoms with E-state index in [9.17, 15) is 8.42 Å². The molecule has 1 aliphatic rings. The van der Waals surface area contributed by atoms with Crippen LogP contribution >= 0.6 is 11.6 Å². The second kappa shape index (κ2) is 7.30. The van der Waals surface area contributed by atoms with Crippen molar-refractivity contribution >= 4 is 21.6 Å². The number of hydrogen-bond donors (Lipinski definition) is 1. The van der Waals surface area contributed by atoms with Gasteiger partial charge in [-0.05, 0) is 37.0 Å². The van der Waals surface area contributed by atoms with Crippen LogP contribution in [0.1, 0.15) is 38.3 Å². The fourth-order valence-corrected chi connectivity index (χ4v) is 4.22. The number of piperidine rings is 1. The third-order valence-electron chi connectivity index (χ3n) is 4.50. The fourth-order valence-electron chi connectivity index (χ4n) is 3.13. The molecule has 1 N–H and O–H groups in total. The Balaban J connectivity index is 2.03. The van der Waals surface area contributed by atoms with Gasteiger partial charge in [0.25, 0.3) is 0 Å². The largest absolute Gasteiger partial charge is 0.307 e. The second-order valence-electron chi connectivity index (χ2n) is 6.13. The standard InChI is InChI=1S/C16H25ClN2O2S/c1-4-13-11-19(22(3,20)21)9-8-16(13)18-12(2)14-6-5-7-15(17)10-14/h5-7,10,12-13,16,18H,4,8-9,11H2,1-3H3. The SMILES string of the molecule is CCC1CN(S(C)(=O)=O)CCC1NC(C)c1cccc(Cl)c1. The summed E-state index contributed by atoms with van der Waals surface area (Å²) in [6, 6.07) is 8.40. The maximum Gasteiger partial charge on any atom is 0.211 e. The first kappa shape index (κ1) is 17.7. The van der Waals surface area contributed by atoms with Crippen molar-refractivity contribution in [2.24, 2.45) is 5.92 Å². The molecule has 4 nitrogen and oxygen atoms in total. The van der Waals surface area contributed by atoms with E-state index >= 15 is 0 Å². The highest BCUT2D eigenvalue weighted by molar-refractivity contribution is 7.88. The van der Waals surface area contributed by atoms with Gasteiger partial charge in [0, 0.05) is 30.2 Å². The second-order valence-corrected chi connectivity index (χ2v) is 8.55. The van der Waals surface area contributed by atoms with E-state index in [2.05, 4.69) is 25.2 Å². The topological polar surface area (TPSA) is 49.4 Å². The Labute approximate surface area is 138 Å². The Hall–Kier alpha value is -0.620. The van der Waals surface area contributed by atoms with Gasteiger partial charge in [0.15, 0.2) is 0 Å². The van der Waals surface area contributed by atoms with Crippen molar-refractivity contribution < 1.29 is 8.42 Å². The Morgan fingerprint density at radius 2 is 2.18 bits per heavy atom. The Morgan fingerprint density at radius 3 is 2.77 bits per heavy atom. The molecule has 124 valence electrons. The molecule has 1 fully saturated rings. The van der Waals surface area contributed by atoms with Gasteiger partial charge < -0.3 is 5.32 Å². The van der Waals surface area contributed by atoms with Crippen LogP contribution in [-0.2, 0) is 10.0 Å². The van der Waals surface area contributed by atoms with Crippen molar-refractivity contribution in [1.82, 2.24) is 9.62 Å². The van der Waals surface area contributed by atoms with E-state index in [0.717, 1.165) is 23.4 Å². The van der Waals surface area contributed by atoms with Gasteiger partial charge in [0.1, 0.15) is 0 Å². The van der Waals surface area contributed by atoms with Crippen LogP contribution in [0.2, 0.25) is 5.02 Å². The monoisotopic (exact) mass is 344 g/mol. The molecule has 0 aromatic heterocycles. The summed E-state index contributed by atoms with van der Waals surface area (Å²) in [5.41, 5.74) is 1.16. The van der Waals surface area contributed by atoms with Crippen LogP contribution in [0.25, 0.3) is 0 Å². The van der Waals surface area contributed by atoms with E-state index in [1.54, 1.807) is 4.31 Å². The highest BCUT2D eigenvalue weighted by Crippen LogP contribution is 2.25. The summed E-state index contributed by atoms with van der Waals surface area (Å²) in [5.74, 6) is 0.338. The van der Waals surface area contributed by atoms with Crippen molar-refractivity contribution in [2.75, 3.05) is 19.3 Å². The molecule has 3 atom stereocenters. The zero-order valence-corrected chi connectivity index (χ0v) is 15.0. The first-order chi connectivity index (χ1) is 10.3. The molecular weight excluding hydrogens is 320 g/mol. The van der Waals surface area contributed by atoms with Crippen LogP contribution in [0.15, 0.2) is 24.3 Å². The number of nitrogens with zero attached hydrogens (tertiary/aromatic N) is 1. The molecule has 1 aliphatic heterocycles. The summed E-state index contributed by atoms with van der Waals surface area (Å²) in [7, 11) is -3.09. The molecule has 0 aliphatic carbocycles. The predicted molar refractivity (Wildman–Crippen MR) is 91.6 cm³/mol. The van der Waals surface area contributed by atoms with Gasteiger partial charge in [-0.3, -0.25) is 0 Å². The van der Waals surface area contributed by atoms with Crippen LogP contribution in [-0.4, -0.2) is 38.1 Å². The number of sulfonamides is 1. The van der Waals surface area contributed by atoms with Gasteiger partial charge in [0.05, 0.1) is 6.26 Å². The van der Waals surface area contributed by atoms with E-state index in [4.69, 9.17) is 11.6 Å². The highest BCUT2D eigenvalue weighted by Gasteiger charge is 2.32. The lowest BCUT2D eigenvalue weighted by Gasteiger charge is -2.38. The lowest BCUT2D eigenvalue weighted by atomic mass is 9.90. The van der Waals surface area contributed by atoms with Crippen LogP contribution in [0.3, 0.4) is 0 Å². The van der Waals surface area contributed by atoms with E-state index in [1.165, 1.54) is 6.26 Å². The average Bonchev–Trinajstić information content (AvgIpc) is 2.46. The Kier molecular flexibility index (Phi) is 5.88. The van der Waals surface area contributed by atoms with Crippen molar-refractivity contribution in [3.63, 3.8) is 0 Å². The van der Waals surface area contributed by atoms with E-state index in [1.807, 2.05) is 18.2 Å². The quantitative estimate of drug-likeness (QED) is 0.893. The number of benzene rings is 1. The lowest BCUT2D eigenvalue weighted by Crippen LogP contribution is -2.51. The van der Waals surface area contributed by atoms with Crippen molar-refractivity contribution in [3.05, 3.63) is 34.9 Å². The maximum atomic E-state index is 11.7. The zero-order valence-electron chi connectivity index (χ0n) is 13.4. The summed E-state index contributed by atoms with van der Waals surface area (Å²) < 4.78 is 25.1. The van der Waals surface area contributed by atoms with E-state index in [0.29, 0.717) is 25.0 Å². The first-order valence-electron chi connectivity index (χ1n) is 7.78. The third-order valence-corrected chi connectivity index (χ3v) is 6.01. The Bertz CT molecular complexity index is 606. The highest BCUT2D eigenvalue weighted by atomic mass is 35.5. The minimum Gasteiger partial charge on any atom is -0.307 e. The molecule has 22 heavy (non-hydrogen) atoms. The van der Waals surface area contributed by atoms with Crippen molar-refractivity contribution in [1.29, 1.82) is 0 Å². The van der Waals surface area contributed by atoms with Gasteiger partial charge in [-0.25, -0.2) is 12.7 Å². The minimum absolute atomic E-state index is 0.197. The minimum atomic E-state index is -3.09. The molecule has 0 radical (unpaired) electrons. The van der Waals surface area contributed by atoms with Crippen molar-refractivity contribution in [3.8, 4) is 0 Å². The average molecular weight is 345 g/mol. The third kappa shape index (κ3) is 4.44. The van der Waals surface area contributed by atoms with E-state index < -0.39 is 10.0 Å². The molecule has 0 spiro atoms. The molecule has 0 amide bonds. The van der Waals surface area contributed by atoms with Crippen LogP contribution in [0.5, 0.6) is 0 Å². The maximum absolute atomic E-state index is 11.7. The molecule has 2 rings (SSSR count). The van der Waals surface area contributed by atoms with Gasteiger partial charge in [-0.15, -0.1) is 0 Å². The predicted octanol–water partition coefficient (Wildman–Crippen LogP) is 3.05. The fraction of sp³-hybridized carbons (Fsp3) is 0.625. The van der Waals surface area contributed by atoms with Gasteiger partial charge in [-0.1, -0.05) is 37.1 Å². The number of rotatable bonds is 5. The molecule has 1 aromatic rings. The van der Waals surface area contributed by atoms with Crippen LogP contribution in [0.4, 0.5) is 0 Å². The molecule has 0 saturated carbocycles. The molecule has 6 heteroatoms. The summed E-state index contributed by atoms with van der Waals surface area (Å²) in [4.78, 5) is 0. The lowest BCUT2D eigenvalue weighted by molar-refractivity contribution is 0.193. The molecule has 3 unspecified atom stereocenters. The summed E-state index contributed by atoms with van der Waals surface area (Å²) in [6.45, 7) is 5.45. The molecule has 1 heterocycles. The first-order valence-corrected chi connectivity index (χ1v) is 10.0.